The highest BCUT2D eigenvalue weighted by Gasteiger charge is 2.43. The fourth-order valence-corrected chi connectivity index (χ4v) is 4.34. The Morgan fingerprint density at radius 3 is 2.70 bits per heavy atom. The smallest absolute Gasteiger partial charge is 0.322 e. The van der Waals surface area contributed by atoms with Gasteiger partial charge >= 0.3 is 6.03 Å². The number of urea groups is 1. The van der Waals surface area contributed by atoms with E-state index in [9.17, 15) is 9.59 Å². The standard InChI is InChI=1S/C21H21N3O2S/c1-2-11-24-17-14-23(12-10-16-9-6-13-27-16)20(25)18(17)19(22-21(24)26)15-7-4-3-5-8-15/h2-9,13,19H,1,10-12,14H2,(H,22,26). The lowest BCUT2D eigenvalue weighted by atomic mass is 9.95. The molecule has 2 aromatic rings. The minimum atomic E-state index is -0.408. The second kappa shape index (κ2) is 7.40. The van der Waals surface area contributed by atoms with Gasteiger partial charge in [0.15, 0.2) is 0 Å². The molecule has 3 amide bonds. The van der Waals surface area contributed by atoms with Crippen LogP contribution in [0.25, 0.3) is 0 Å². The molecule has 0 saturated carbocycles. The first-order valence-corrected chi connectivity index (χ1v) is 9.85. The lowest BCUT2D eigenvalue weighted by Gasteiger charge is -2.33. The molecule has 1 N–H and O–H groups in total. The van der Waals surface area contributed by atoms with E-state index < -0.39 is 6.04 Å². The third-order valence-electron chi connectivity index (χ3n) is 4.95. The summed E-state index contributed by atoms with van der Waals surface area (Å²) in [4.78, 5) is 30.6. The van der Waals surface area contributed by atoms with Gasteiger partial charge in [0.2, 0.25) is 0 Å². The molecular weight excluding hydrogens is 358 g/mol. The van der Waals surface area contributed by atoms with Crippen LogP contribution in [0.15, 0.2) is 71.8 Å². The number of carbonyl (C=O) groups is 2. The van der Waals surface area contributed by atoms with Crippen molar-refractivity contribution in [2.75, 3.05) is 19.6 Å². The number of benzene rings is 1. The molecule has 27 heavy (non-hydrogen) atoms. The van der Waals surface area contributed by atoms with Gasteiger partial charge in [0.05, 0.1) is 23.9 Å². The summed E-state index contributed by atoms with van der Waals surface area (Å²) >= 11 is 1.70. The minimum absolute atomic E-state index is 0.00414. The Kier molecular flexibility index (Phi) is 4.81. The molecule has 0 aliphatic carbocycles. The average molecular weight is 379 g/mol. The molecular formula is C21H21N3O2S. The highest BCUT2D eigenvalue weighted by Crippen LogP contribution is 2.36. The first kappa shape index (κ1) is 17.5. The third kappa shape index (κ3) is 3.28. The number of nitrogens with one attached hydrogen (secondary N) is 1. The van der Waals surface area contributed by atoms with Gasteiger partial charge in [0.1, 0.15) is 0 Å². The molecule has 1 unspecified atom stereocenters. The first-order chi connectivity index (χ1) is 13.2. The normalized spacial score (nSPS) is 19.3. The molecule has 5 nitrogen and oxygen atoms in total. The second-order valence-electron chi connectivity index (χ2n) is 6.61. The summed E-state index contributed by atoms with van der Waals surface area (Å²) in [6.45, 7) is 5.24. The van der Waals surface area contributed by atoms with E-state index in [0.717, 1.165) is 17.7 Å². The van der Waals surface area contributed by atoms with E-state index in [0.29, 0.717) is 25.2 Å². The van der Waals surface area contributed by atoms with Crippen LogP contribution in [0, 0.1) is 0 Å². The number of carbonyl (C=O) groups excluding carboxylic acids is 2. The van der Waals surface area contributed by atoms with Gasteiger partial charge in [0.25, 0.3) is 5.91 Å². The van der Waals surface area contributed by atoms with Crippen molar-refractivity contribution in [3.8, 4) is 0 Å². The lowest BCUT2D eigenvalue weighted by molar-refractivity contribution is -0.125. The monoisotopic (exact) mass is 379 g/mol. The first-order valence-electron chi connectivity index (χ1n) is 8.97. The largest absolute Gasteiger partial charge is 0.333 e. The molecule has 0 spiro atoms. The van der Waals surface area contributed by atoms with Crippen molar-refractivity contribution in [1.82, 2.24) is 15.1 Å². The number of hydrogen-bond acceptors (Lipinski definition) is 3. The third-order valence-corrected chi connectivity index (χ3v) is 5.89. The van der Waals surface area contributed by atoms with Gasteiger partial charge in [-0.3, -0.25) is 9.69 Å². The summed E-state index contributed by atoms with van der Waals surface area (Å²) in [5.41, 5.74) is 2.39. The van der Waals surface area contributed by atoms with Gasteiger partial charge in [-0.1, -0.05) is 42.5 Å². The maximum Gasteiger partial charge on any atom is 0.322 e. The number of hydrogen-bond donors (Lipinski definition) is 1. The molecule has 6 heteroatoms. The molecule has 1 aromatic carbocycles. The van der Waals surface area contributed by atoms with Gasteiger partial charge in [-0.15, -0.1) is 17.9 Å². The zero-order valence-corrected chi connectivity index (χ0v) is 15.7. The van der Waals surface area contributed by atoms with E-state index in [1.807, 2.05) is 46.7 Å². The Morgan fingerprint density at radius 2 is 2.00 bits per heavy atom. The quantitative estimate of drug-likeness (QED) is 0.783. The zero-order valence-electron chi connectivity index (χ0n) is 14.9. The highest BCUT2D eigenvalue weighted by atomic mass is 32.1. The van der Waals surface area contributed by atoms with Crippen LogP contribution in [0.1, 0.15) is 16.5 Å². The Balaban J connectivity index is 1.64. The summed E-state index contributed by atoms with van der Waals surface area (Å²) < 4.78 is 0. The van der Waals surface area contributed by atoms with Gasteiger partial charge in [-0.25, -0.2) is 4.79 Å². The van der Waals surface area contributed by atoms with Crippen molar-refractivity contribution in [3.63, 3.8) is 0 Å². The van der Waals surface area contributed by atoms with Crippen LogP contribution in [0.2, 0.25) is 0 Å². The van der Waals surface area contributed by atoms with E-state index >= 15 is 0 Å². The molecule has 2 aliphatic heterocycles. The van der Waals surface area contributed by atoms with Gasteiger partial charge in [0, 0.05) is 18.0 Å². The van der Waals surface area contributed by atoms with Crippen LogP contribution in [-0.2, 0) is 11.2 Å². The lowest BCUT2D eigenvalue weighted by Crippen LogP contribution is -2.47. The van der Waals surface area contributed by atoms with Crippen molar-refractivity contribution >= 4 is 23.3 Å². The Morgan fingerprint density at radius 1 is 1.19 bits per heavy atom. The SMILES string of the molecule is C=CCN1C(=O)NC(c2ccccc2)C2=C1CN(CCc1cccs1)C2=O. The van der Waals surface area contributed by atoms with Crippen LogP contribution >= 0.6 is 11.3 Å². The van der Waals surface area contributed by atoms with E-state index in [1.165, 1.54) is 4.88 Å². The molecule has 0 bridgehead atoms. The predicted octanol–water partition coefficient (Wildman–Crippen LogP) is 3.34. The Bertz CT molecular complexity index is 889. The van der Waals surface area contributed by atoms with Crippen LogP contribution in [0.5, 0.6) is 0 Å². The molecule has 138 valence electrons. The Labute approximate surface area is 162 Å². The Hall–Kier alpha value is -2.86. The number of amides is 3. The molecule has 1 aromatic heterocycles. The summed E-state index contributed by atoms with van der Waals surface area (Å²) in [6.07, 6.45) is 2.51. The summed E-state index contributed by atoms with van der Waals surface area (Å²) in [7, 11) is 0. The van der Waals surface area contributed by atoms with E-state index in [-0.39, 0.29) is 11.9 Å². The highest BCUT2D eigenvalue weighted by molar-refractivity contribution is 7.09. The summed E-state index contributed by atoms with van der Waals surface area (Å²) in [5.74, 6) is 0.00414. The molecule has 0 fully saturated rings. The predicted molar refractivity (Wildman–Crippen MR) is 106 cm³/mol. The molecule has 0 saturated heterocycles. The molecule has 3 heterocycles. The molecule has 2 aliphatic rings. The van der Waals surface area contributed by atoms with Crippen molar-refractivity contribution in [1.29, 1.82) is 0 Å². The van der Waals surface area contributed by atoms with Crippen LogP contribution in [0.3, 0.4) is 0 Å². The topological polar surface area (TPSA) is 52.7 Å². The van der Waals surface area contributed by atoms with E-state index in [2.05, 4.69) is 18.0 Å². The summed E-state index contributed by atoms with van der Waals surface area (Å²) in [5, 5.41) is 5.04. The van der Waals surface area contributed by atoms with Crippen molar-refractivity contribution in [3.05, 3.63) is 82.2 Å². The fourth-order valence-electron chi connectivity index (χ4n) is 3.65. The number of rotatable bonds is 6. The summed E-state index contributed by atoms with van der Waals surface area (Å²) in [6, 6.07) is 13.2. The molecule has 0 radical (unpaired) electrons. The van der Waals surface area contributed by atoms with Gasteiger partial charge < -0.3 is 10.2 Å². The molecule has 4 rings (SSSR count). The zero-order chi connectivity index (χ0) is 18.8. The number of nitrogens with zero attached hydrogens (tertiary/aromatic N) is 2. The van der Waals surface area contributed by atoms with Crippen molar-refractivity contribution < 1.29 is 9.59 Å². The fraction of sp³-hybridized carbons (Fsp3) is 0.238. The number of thiophene rings is 1. The van der Waals surface area contributed by atoms with Crippen molar-refractivity contribution in [2.24, 2.45) is 0 Å². The van der Waals surface area contributed by atoms with Crippen LogP contribution in [-0.4, -0.2) is 41.4 Å². The average Bonchev–Trinajstić information content (AvgIpc) is 3.31. The van der Waals surface area contributed by atoms with Crippen LogP contribution in [0.4, 0.5) is 4.79 Å². The maximum atomic E-state index is 13.2. The maximum absolute atomic E-state index is 13.2. The van der Waals surface area contributed by atoms with E-state index in [4.69, 9.17) is 0 Å². The van der Waals surface area contributed by atoms with E-state index in [1.54, 1.807) is 22.3 Å². The van der Waals surface area contributed by atoms with Gasteiger partial charge in [-0.2, -0.15) is 0 Å². The molecule has 1 atom stereocenters. The van der Waals surface area contributed by atoms with Crippen molar-refractivity contribution in [2.45, 2.75) is 12.5 Å². The van der Waals surface area contributed by atoms with Gasteiger partial charge in [-0.05, 0) is 23.4 Å². The second-order valence-corrected chi connectivity index (χ2v) is 7.64. The van der Waals surface area contributed by atoms with Crippen LogP contribution < -0.4 is 5.32 Å². The minimum Gasteiger partial charge on any atom is -0.333 e.